The molecule has 1 amide bonds. The summed E-state index contributed by atoms with van der Waals surface area (Å²) in [5, 5.41) is 11.4. The first-order valence-electron chi connectivity index (χ1n) is 11.7. The molecule has 1 aliphatic heterocycles. The molecule has 7 heteroatoms. The van der Waals surface area contributed by atoms with Crippen LogP contribution in [0.4, 0.5) is 0 Å². The Bertz CT molecular complexity index is 1060. The van der Waals surface area contributed by atoms with Gasteiger partial charge in [0.2, 0.25) is 0 Å². The van der Waals surface area contributed by atoms with E-state index in [0.29, 0.717) is 43.4 Å². The van der Waals surface area contributed by atoms with Crippen LogP contribution in [-0.2, 0) is 16.0 Å². The van der Waals surface area contributed by atoms with Crippen LogP contribution in [0.5, 0.6) is 11.5 Å². The zero-order valence-corrected chi connectivity index (χ0v) is 20.6. The number of likely N-dealkylation sites (tertiary alicyclic amines) is 1. The average molecular weight is 467 g/mol. The second-order valence-corrected chi connectivity index (χ2v) is 8.41. The van der Waals surface area contributed by atoms with Crippen LogP contribution >= 0.6 is 0 Å². The summed E-state index contributed by atoms with van der Waals surface area (Å²) in [5.74, 6) is -0.568. The summed E-state index contributed by atoms with van der Waals surface area (Å²) in [6.45, 7) is 7.59. The third-order valence-electron chi connectivity index (χ3n) is 5.85. The second-order valence-electron chi connectivity index (χ2n) is 8.41. The number of likely N-dealkylation sites (N-methyl/N-ethyl adjacent to an activating group) is 1. The molecule has 0 saturated carbocycles. The van der Waals surface area contributed by atoms with E-state index in [1.807, 2.05) is 57.1 Å². The maximum absolute atomic E-state index is 13.2. The molecule has 1 saturated heterocycles. The number of ether oxygens (including phenoxy) is 2. The van der Waals surface area contributed by atoms with Crippen LogP contribution < -0.4 is 9.47 Å². The summed E-state index contributed by atoms with van der Waals surface area (Å²) < 4.78 is 11.3. The van der Waals surface area contributed by atoms with Crippen molar-refractivity contribution < 1.29 is 24.2 Å². The van der Waals surface area contributed by atoms with E-state index in [0.717, 1.165) is 17.5 Å². The van der Waals surface area contributed by atoms with E-state index in [1.165, 1.54) is 0 Å². The topological polar surface area (TPSA) is 79.3 Å². The molecule has 2 aromatic rings. The monoisotopic (exact) mass is 466 g/mol. The van der Waals surface area contributed by atoms with Crippen LogP contribution in [0, 0.1) is 0 Å². The Morgan fingerprint density at radius 1 is 1.00 bits per heavy atom. The van der Waals surface area contributed by atoms with Gasteiger partial charge in [0, 0.05) is 19.2 Å². The zero-order chi connectivity index (χ0) is 24.8. The lowest BCUT2D eigenvalue weighted by atomic mass is 9.94. The van der Waals surface area contributed by atoms with Crippen molar-refractivity contribution in [3.05, 3.63) is 64.7 Å². The van der Waals surface area contributed by atoms with Crippen molar-refractivity contribution in [2.45, 2.75) is 33.2 Å². The average Bonchev–Trinajstić information content (AvgIpc) is 3.08. The lowest BCUT2D eigenvalue weighted by molar-refractivity contribution is -0.140. The predicted molar refractivity (Wildman–Crippen MR) is 132 cm³/mol. The SMILES string of the molecule is CCOc1ccc(/C(O)=C2/C(=O)C(=O)N(CCN(C)C)C2c2ccc(CC)cc2)c(OCC)c1. The van der Waals surface area contributed by atoms with Crippen molar-refractivity contribution in [2.75, 3.05) is 40.4 Å². The van der Waals surface area contributed by atoms with Crippen molar-refractivity contribution in [2.24, 2.45) is 0 Å². The number of nitrogens with zero attached hydrogens (tertiary/aromatic N) is 2. The van der Waals surface area contributed by atoms with E-state index in [1.54, 1.807) is 23.1 Å². The second kappa shape index (κ2) is 11.2. The fourth-order valence-corrected chi connectivity index (χ4v) is 4.08. The van der Waals surface area contributed by atoms with Crippen LogP contribution in [0.1, 0.15) is 43.5 Å². The summed E-state index contributed by atoms with van der Waals surface area (Å²) in [6, 6.07) is 12.2. The summed E-state index contributed by atoms with van der Waals surface area (Å²) in [6.07, 6.45) is 0.880. The van der Waals surface area contributed by atoms with Gasteiger partial charge in [-0.25, -0.2) is 0 Å². The first kappa shape index (κ1) is 25.3. The Balaban J connectivity index is 2.17. The fourth-order valence-electron chi connectivity index (χ4n) is 4.08. The van der Waals surface area contributed by atoms with Gasteiger partial charge >= 0.3 is 0 Å². The minimum Gasteiger partial charge on any atom is -0.507 e. The third kappa shape index (κ3) is 5.25. The highest BCUT2D eigenvalue weighted by atomic mass is 16.5. The van der Waals surface area contributed by atoms with Crippen molar-refractivity contribution in [3.8, 4) is 11.5 Å². The number of carbonyl (C=O) groups is 2. The largest absolute Gasteiger partial charge is 0.507 e. The molecule has 1 aliphatic rings. The Kier molecular flexibility index (Phi) is 8.34. The van der Waals surface area contributed by atoms with Gasteiger partial charge in [-0.05, 0) is 57.6 Å². The van der Waals surface area contributed by atoms with Crippen molar-refractivity contribution in [1.29, 1.82) is 0 Å². The van der Waals surface area contributed by atoms with Gasteiger partial charge in [0.05, 0.1) is 30.4 Å². The number of hydrogen-bond acceptors (Lipinski definition) is 6. The van der Waals surface area contributed by atoms with Crippen LogP contribution in [0.2, 0.25) is 0 Å². The first-order chi connectivity index (χ1) is 16.3. The lowest BCUT2D eigenvalue weighted by Crippen LogP contribution is -2.35. The number of ketones is 1. The maximum Gasteiger partial charge on any atom is 0.295 e. The predicted octanol–water partition coefficient (Wildman–Crippen LogP) is 4.03. The van der Waals surface area contributed by atoms with Crippen LogP contribution in [0.15, 0.2) is 48.0 Å². The molecular weight excluding hydrogens is 432 g/mol. The molecule has 2 aromatic carbocycles. The van der Waals surface area contributed by atoms with Gasteiger partial charge in [0.25, 0.3) is 11.7 Å². The molecule has 1 fully saturated rings. The fraction of sp³-hybridized carbons (Fsp3) is 0.407. The number of aryl methyl sites for hydroxylation is 1. The standard InChI is InChI=1S/C27H34N2O5/c1-6-18-9-11-19(12-10-18)24-23(26(31)27(32)29(24)16-15-28(4)5)25(30)21-14-13-20(33-7-2)17-22(21)34-8-3/h9-14,17,24,30H,6-8,15-16H2,1-5H3/b25-23-. The number of aliphatic hydroxyl groups is 1. The highest BCUT2D eigenvalue weighted by Gasteiger charge is 2.46. The Morgan fingerprint density at radius 3 is 2.26 bits per heavy atom. The number of hydrogen-bond donors (Lipinski definition) is 1. The van der Waals surface area contributed by atoms with Gasteiger partial charge in [-0.1, -0.05) is 31.2 Å². The summed E-state index contributed by atoms with van der Waals surface area (Å²) in [4.78, 5) is 29.8. The Hall–Kier alpha value is -3.32. The lowest BCUT2D eigenvalue weighted by Gasteiger charge is -2.27. The molecule has 0 aliphatic carbocycles. The molecular formula is C27H34N2O5. The molecule has 182 valence electrons. The van der Waals surface area contributed by atoms with Crippen molar-refractivity contribution in [3.63, 3.8) is 0 Å². The molecule has 7 nitrogen and oxygen atoms in total. The zero-order valence-electron chi connectivity index (χ0n) is 20.6. The van der Waals surface area contributed by atoms with Gasteiger partial charge < -0.3 is 24.4 Å². The number of amides is 1. The highest BCUT2D eigenvalue weighted by molar-refractivity contribution is 6.46. The highest BCUT2D eigenvalue weighted by Crippen LogP contribution is 2.41. The van der Waals surface area contributed by atoms with E-state index in [2.05, 4.69) is 6.92 Å². The van der Waals surface area contributed by atoms with E-state index in [-0.39, 0.29) is 11.3 Å². The molecule has 1 N–H and O–H groups in total. The quantitative estimate of drug-likeness (QED) is 0.324. The van der Waals surface area contributed by atoms with E-state index < -0.39 is 17.7 Å². The minimum absolute atomic E-state index is 0.0677. The van der Waals surface area contributed by atoms with Crippen molar-refractivity contribution >= 4 is 17.4 Å². The maximum atomic E-state index is 13.2. The van der Waals surface area contributed by atoms with Gasteiger partial charge in [0.15, 0.2) is 0 Å². The summed E-state index contributed by atoms with van der Waals surface area (Å²) in [7, 11) is 3.83. The smallest absolute Gasteiger partial charge is 0.295 e. The molecule has 34 heavy (non-hydrogen) atoms. The minimum atomic E-state index is -0.697. The van der Waals surface area contributed by atoms with Gasteiger partial charge in [0.1, 0.15) is 17.3 Å². The van der Waals surface area contributed by atoms with Gasteiger partial charge in [-0.2, -0.15) is 0 Å². The van der Waals surface area contributed by atoms with Crippen LogP contribution in [0.25, 0.3) is 5.76 Å². The third-order valence-corrected chi connectivity index (χ3v) is 5.85. The van der Waals surface area contributed by atoms with Gasteiger partial charge in [-0.15, -0.1) is 0 Å². The molecule has 0 aromatic heterocycles. The van der Waals surface area contributed by atoms with E-state index in [4.69, 9.17) is 9.47 Å². The summed E-state index contributed by atoms with van der Waals surface area (Å²) >= 11 is 0. The number of rotatable bonds is 10. The van der Waals surface area contributed by atoms with Gasteiger partial charge in [-0.3, -0.25) is 9.59 Å². The molecule has 0 spiro atoms. The van der Waals surface area contributed by atoms with E-state index in [9.17, 15) is 14.7 Å². The molecule has 1 atom stereocenters. The number of Topliss-reactive ketones (excluding diaryl/α,β-unsaturated/α-hetero) is 1. The molecule has 0 radical (unpaired) electrons. The molecule has 1 heterocycles. The van der Waals surface area contributed by atoms with E-state index >= 15 is 0 Å². The van der Waals surface area contributed by atoms with Crippen LogP contribution in [-0.4, -0.2) is 67.0 Å². The number of benzene rings is 2. The van der Waals surface area contributed by atoms with Crippen LogP contribution in [0.3, 0.4) is 0 Å². The van der Waals surface area contributed by atoms with Crippen molar-refractivity contribution in [1.82, 2.24) is 9.80 Å². The molecule has 0 bridgehead atoms. The molecule has 3 rings (SSSR count). The molecule has 1 unspecified atom stereocenters. The number of carbonyl (C=O) groups excluding carboxylic acids is 2. The normalized spacial score (nSPS) is 17.5. The number of aliphatic hydroxyl groups excluding tert-OH is 1. The summed E-state index contributed by atoms with van der Waals surface area (Å²) in [5.41, 5.74) is 2.35. The first-order valence-corrected chi connectivity index (χ1v) is 11.7. The Labute approximate surface area is 201 Å². The Morgan fingerprint density at radius 2 is 1.68 bits per heavy atom.